The highest BCUT2D eigenvalue weighted by atomic mass is 19.1. The van der Waals surface area contributed by atoms with Gasteiger partial charge in [-0.1, -0.05) is 43.3 Å². The molecule has 2 amide bonds. The molecule has 1 aliphatic rings. The SMILES string of the molecule is CCCC(=O)N1c2ccccc2[C@H](N(C(=O)c2ccccc2)c2ccc(F)cc2)C[C@@H]1C. The number of amides is 2. The quantitative estimate of drug-likeness (QED) is 0.488. The van der Waals surface area contributed by atoms with E-state index >= 15 is 0 Å². The van der Waals surface area contributed by atoms with E-state index in [1.807, 2.05) is 61.2 Å². The van der Waals surface area contributed by atoms with Crippen molar-refractivity contribution in [3.63, 3.8) is 0 Å². The molecule has 0 aromatic heterocycles. The maximum absolute atomic E-state index is 13.7. The van der Waals surface area contributed by atoms with Gasteiger partial charge in [-0.05, 0) is 67.8 Å². The summed E-state index contributed by atoms with van der Waals surface area (Å²) >= 11 is 0. The predicted molar refractivity (Wildman–Crippen MR) is 125 cm³/mol. The molecule has 0 aliphatic carbocycles. The molecule has 1 aliphatic heterocycles. The van der Waals surface area contributed by atoms with Crippen LogP contribution >= 0.6 is 0 Å². The van der Waals surface area contributed by atoms with Crippen molar-refractivity contribution in [3.05, 3.63) is 95.8 Å². The van der Waals surface area contributed by atoms with Crippen LogP contribution < -0.4 is 9.80 Å². The van der Waals surface area contributed by atoms with Crippen LogP contribution in [0.25, 0.3) is 0 Å². The maximum atomic E-state index is 13.7. The summed E-state index contributed by atoms with van der Waals surface area (Å²) in [7, 11) is 0. The zero-order valence-electron chi connectivity index (χ0n) is 18.4. The Morgan fingerprint density at radius 3 is 2.31 bits per heavy atom. The Kier molecular flexibility index (Phi) is 6.35. The van der Waals surface area contributed by atoms with Crippen LogP contribution in [0.4, 0.5) is 15.8 Å². The number of nitrogens with zero attached hydrogens (tertiary/aromatic N) is 2. The number of carbonyl (C=O) groups excluding carboxylic acids is 2. The normalized spacial score (nSPS) is 17.5. The molecule has 2 atom stereocenters. The average Bonchev–Trinajstić information content (AvgIpc) is 2.81. The van der Waals surface area contributed by atoms with E-state index in [0.717, 1.165) is 17.7 Å². The van der Waals surface area contributed by atoms with E-state index in [2.05, 4.69) is 0 Å². The number of para-hydroxylation sites is 1. The molecule has 32 heavy (non-hydrogen) atoms. The first-order chi connectivity index (χ1) is 15.5. The molecule has 4 nitrogen and oxygen atoms in total. The Morgan fingerprint density at radius 1 is 0.969 bits per heavy atom. The molecule has 3 aromatic rings. The largest absolute Gasteiger partial charge is 0.309 e. The fraction of sp³-hybridized carbons (Fsp3) is 0.259. The molecule has 0 radical (unpaired) electrons. The van der Waals surface area contributed by atoms with Crippen LogP contribution in [0, 0.1) is 5.82 Å². The Morgan fingerprint density at radius 2 is 1.62 bits per heavy atom. The second-order valence-corrected chi connectivity index (χ2v) is 8.19. The van der Waals surface area contributed by atoms with Crippen molar-refractivity contribution in [2.75, 3.05) is 9.80 Å². The number of benzene rings is 3. The zero-order valence-corrected chi connectivity index (χ0v) is 18.4. The summed E-state index contributed by atoms with van der Waals surface area (Å²) in [4.78, 5) is 30.2. The number of halogens is 1. The van der Waals surface area contributed by atoms with Gasteiger partial charge in [0.15, 0.2) is 0 Å². The lowest BCUT2D eigenvalue weighted by Gasteiger charge is -2.43. The fourth-order valence-corrected chi connectivity index (χ4v) is 4.50. The first-order valence-electron chi connectivity index (χ1n) is 11.1. The fourth-order valence-electron chi connectivity index (χ4n) is 4.50. The van der Waals surface area contributed by atoms with E-state index in [4.69, 9.17) is 0 Å². The van der Waals surface area contributed by atoms with Crippen LogP contribution in [0.3, 0.4) is 0 Å². The standard InChI is InChI=1S/C27H27FN2O2/c1-3-9-26(31)29-19(2)18-25(23-12-7-8-13-24(23)29)30(22-16-14-21(28)15-17-22)27(32)20-10-5-4-6-11-20/h4-8,10-17,19,25H,3,9,18H2,1-2H3/t19-,25+/m0/s1. The second-order valence-electron chi connectivity index (χ2n) is 8.19. The topological polar surface area (TPSA) is 40.6 Å². The van der Waals surface area contributed by atoms with Gasteiger partial charge in [-0.3, -0.25) is 9.59 Å². The highest BCUT2D eigenvalue weighted by Gasteiger charge is 2.38. The van der Waals surface area contributed by atoms with Gasteiger partial charge in [0, 0.05) is 29.4 Å². The van der Waals surface area contributed by atoms with Gasteiger partial charge in [-0.15, -0.1) is 0 Å². The Labute approximate surface area is 188 Å². The van der Waals surface area contributed by atoms with Gasteiger partial charge >= 0.3 is 0 Å². The van der Waals surface area contributed by atoms with Crippen LogP contribution in [-0.2, 0) is 4.79 Å². The van der Waals surface area contributed by atoms with E-state index in [1.54, 1.807) is 29.2 Å². The van der Waals surface area contributed by atoms with Crippen LogP contribution in [-0.4, -0.2) is 17.9 Å². The van der Waals surface area contributed by atoms with Gasteiger partial charge in [0.1, 0.15) is 5.82 Å². The van der Waals surface area contributed by atoms with Gasteiger partial charge in [0.05, 0.1) is 6.04 Å². The number of hydrogen-bond acceptors (Lipinski definition) is 2. The zero-order chi connectivity index (χ0) is 22.7. The minimum absolute atomic E-state index is 0.0829. The number of fused-ring (bicyclic) bond motifs is 1. The van der Waals surface area contributed by atoms with Crippen molar-refractivity contribution in [1.29, 1.82) is 0 Å². The van der Waals surface area contributed by atoms with Gasteiger partial charge in [0.2, 0.25) is 5.91 Å². The monoisotopic (exact) mass is 430 g/mol. The van der Waals surface area contributed by atoms with Gasteiger partial charge in [-0.25, -0.2) is 4.39 Å². The van der Waals surface area contributed by atoms with E-state index in [9.17, 15) is 14.0 Å². The van der Waals surface area contributed by atoms with Gasteiger partial charge < -0.3 is 9.80 Å². The lowest BCUT2D eigenvalue weighted by atomic mass is 9.89. The molecule has 4 rings (SSSR count). The molecule has 0 bridgehead atoms. The molecule has 0 saturated heterocycles. The van der Waals surface area contributed by atoms with Crippen molar-refractivity contribution in [2.45, 2.75) is 45.2 Å². The number of carbonyl (C=O) groups is 2. The minimum Gasteiger partial charge on any atom is -0.309 e. The summed E-state index contributed by atoms with van der Waals surface area (Å²) in [6, 6.07) is 22.5. The third-order valence-electron chi connectivity index (χ3n) is 5.95. The second kappa shape index (κ2) is 9.35. The van der Waals surface area contributed by atoms with Crippen LogP contribution in [0.15, 0.2) is 78.9 Å². The number of rotatable bonds is 5. The molecule has 3 aromatic carbocycles. The minimum atomic E-state index is -0.352. The Bertz CT molecular complexity index is 1100. The molecule has 164 valence electrons. The molecule has 0 N–H and O–H groups in total. The van der Waals surface area contributed by atoms with E-state index in [-0.39, 0.29) is 29.7 Å². The summed E-state index contributed by atoms with van der Waals surface area (Å²) < 4.78 is 13.7. The molecule has 0 spiro atoms. The summed E-state index contributed by atoms with van der Waals surface area (Å²) in [6.45, 7) is 4.02. The van der Waals surface area contributed by atoms with E-state index in [1.165, 1.54) is 12.1 Å². The van der Waals surface area contributed by atoms with Crippen molar-refractivity contribution >= 4 is 23.2 Å². The Hall–Kier alpha value is -3.47. The predicted octanol–water partition coefficient (Wildman–Crippen LogP) is 6.14. The van der Waals surface area contributed by atoms with Crippen molar-refractivity contribution in [1.82, 2.24) is 0 Å². The van der Waals surface area contributed by atoms with Crippen molar-refractivity contribution < 1.29 is 14.0 Å². The summed E-state index contributed by atoms with van der Waals surface area (Å²) in [6.07, 6.45) is 1.85. The molecule has 0 saturated carbocycles. The van der Waals surface area contributed by atoms with Crippen LogP contribution in [0.2, 0.25) is 0 Å². The summed E-state index contributed by atoms with van der Waals surface area (Å²) in [5, 5.41) is 0. The lowest BCUT2D eigenvalue weighted by molar-refractivity contribution is -0.119. The van der Waals surface area contributed by atoms with Crippen LogP contribution in [0.1, 0.15) is 55.1 Å². The average molecular weight is 431 g/mol. The molecule has 0 fully saturated rings. The highest BCUT2D eigenvalue weighted by Crippen LogP contribution is 2.43. The summed E-state index contributed by atoms with van der Waals surface area (Å²) in [5.41, 5.74) is 2.94. The van der Waals surface area contributed by atoms with Crippen molar-refractivity contribution in [3.8, 4) is 0 Å². The first kappa shape index (κ1) is 21.8. The van der Waals surface area contributed by atoms with Gasteiger partial charge in [0.25, 0.3) is 5.91 Å². The van der Waals surface area contributed by atoms with E-state index in [0.29, 0.717) is 24.1 Å². The Balaban J connectivity index is 1.83. The van der Waals surface area contributed by atoms with Crippen molar-refractivity contribution in [2.24, 2.45) is 0 Å². The number of anilines is 2. The number of hydrogen-bond donors (Lipinski definition) is 0. The molecule has 0 unspecified atom stereocenters. The van der Waals surface area contributed by atoms with E-state index < -0.39 is 0 Å². The summed E-state index contributed by atoms with van der Waals surface area (Å²) in [5.74, 6) is -0.416. The van der Waals surface area contributed by atoms with Crippen LogP contribution in [0.5, 0.6) is 0 Å². The maximum Gasteiger partial charge on any atom is 0.258 e. The smallest absolute Gasteiger partial charge is 0.258 e. The van der Waals surface area contributed by atoms with Gasteiger partial charge in [-0.2, -0.15) is 0 Å². The highest BCUT2D eigenvalue weighted by molar-refractivity contribution is 6.07. The molecule has 5 heteroatoms. The lowest BCUT2D eigenvalue weighted by Crippen LogP contribution is -2.47. The third kappa shape index (κ3) is 4.15. The first-order valence-corrected chi connectivity index (χ1v) is 11.1. The molecular weight excluding hydrogens is 403 g/mol. The molecule has 1 heterocycles. The molecular formula is C27H27FN2O2. The third-order valence-corrected chi connectivity index (χ3v) is 5.95.